The van der Waals surface area contributed by atoms with Gasteiger partial charge in [0, 0.05) is 29.6 Å². The van der Waals surface area contributed by atoms with Crippen molar-refractivity contribution in [1.82, 2.24) is 0 Å². The highest BCUT2D eigenvalue weighted by Gasteiger charge is 2.46. The van der Waals surface area contributed by atoms with Gasteiger partial charge in [-0.25, -0.2) is 4.39 Å². The average molecular weight is 476 g/mol. The molecule has 152 valence electrons. The Morgan fingerprint density at radius 1 is 1.39 bits per heavy atom. The minimum atomic E-state index is -0.903. The summed E-state index contributed by atoms with van der Waals surface area (Å²) >= 11 is 4.44. The molecule has 0 bridgehead atoms. The van der Waals surface area contributed by atoms with Crippen molar-refractivity contribution in [3.63, 3.8) is 0 Å². The van der Waals surface area contributed by atoms with Crippen LogP contribution in [0.5, 0.6) is 0 Å². The molecular weight excluding hydrogens is 457 g/mol. The molecular formula is C17H19BrFN3O5S. The summed E-state index contributed by atoms with van der Waals surface area (Å²) in [6.07, 6.45) is -1.72. The Hall–Kier alpha value is -1.81. The lowest BCUT2D eigenvalue weighted by atomic mass is 9.91. The fourth-order valence-corrected chi connectivity index (χ4v) is 4.48. The van der Waals surface area contributed by atoms with E-state index in [1.165, 1.54) is 31.7 Å². The van der Waals surface area contributed by atoms with Gasteiger partial charge in [0.15, 0.2) is 0 Å². The number of carbonyl (C=O) groups excluding carboxylic acids is 2. The van der Waals surface area contributed by atoms with Crippen LogP contribution in [0.2, 0.25) is 0 Å². The Labute approximate surface area is 173 Å². The van der Waals surface area contributed by atoms with Crippen LogP contribution in [0, 0.1) is 11.7 Å². The molecule has 28 heavy (non-hydrogen) atoms. The second-order valence-electron chi connectivity index (χ2n) is 6.17. The first-order chi connectivity index (χ1) is 13.2. The van der Waals surface area contributed by atoms with Crippen molar-refractivity contribution in [3.05, 3.63) is 38.9 Å². The number of thioether (sulfide) groups is 1. The number of nitrogens with zero attached hydrogens (tertiary/aromatic N) is 3. The van der Waals surface area contributed by atoms with Gasteiger partial charge in [0.1, 0.15) is 30.1 Å². The van der Waals surface area contributed by atoms with Crippen molar-refractivity contribution < 1.29 is 28.2 Å². The highest BCUT2D eigenvalue weighted by atomic mass is 79.9. The number of azide groups is 1. The number of halogens is 2. The molecule has 0 N–H and O–H groups in total. The van der Waals surface area contributed by atoms with E-state index in [1.54, 1.807) is 19.1 Å². The summed E-state index contributed by atoms with van der Waals surface area (Å²) in [6.45, 7) is 4.12. The molecule has 0 spiro atoms. The standard InChI is InChI=1S/C17H19BrFN3O5S/c1-8-15(21-22-20)16(26-10(3)24)14(7-25-9(2)23)27-17(8)28-11-4-5-13(19)12(18)6-11/h4-6,8,14-17H,7H2,1-3H3/t8-,14?,15?,16-,17+/m0/s1. The average Bonchev–Trinajstić information content (AvgIpc) is 2.62. The minimum absolute atomic E-state index is 0.165. The van der Waals surface area contributed by atoms with Crippen LogP contribution in [-0.4, -0.2) is 42.2 Å². The van der Waals surface area contributed by atoms with E-state index in [-0.39, 0.29) is 12.5 Å². The lowest BCUT2D eigenvalue weighted by Crippen LogP contribution is -2.55. The normalized spacial score (nSPS) is 26.8. The maximum Gasteiger partial charge on any atom is 0.303 e. The maximum atomic E-state index is 13.5. The molecule has 1 aromatic carbocycles. The molecule has 0 aliphatic carbocycles. The molecule has 0 radical (unpaired) electrons. The van der Waals surface area contributed by atoms with Crippen molar-refractivity contribution in [2.75, 3.05) is 6.61 Å². The first kappa shape index (κ1) is 22.5. The third-order valence-corrected chi connectivity index (χ3v) is 5.97. The van der Waals surface area contributed by atoms with E-state index in [9.17, 15) is 14.0 Å². The number of esters is 2. The quantitative estimate of drug-likeness (QED) is 0.263. The van der Waals surface area contributed by atoms with Gasteiger partial charge in [-0.3, -0.25) is 9.59 Å². The van der Waals surface area contributed by atoms with Crippen LogP contribution in [-0.2, 0) is 23.8 Å². The van der Waals surface area contributed by atoms with Crippen molar-refractivity contribution in [2.24, 2.45) is 11.0 Å². The van der Waals surface area contributed by atoms with Crippen molar-refractivity contribution >= 4 is 39.6 Å². The Kier molecular flexibility index (Phi) is 8.11. The van der Waals surface area contributed by atoms with E-state index >= 15 is 0 Å². The summed E-state index contributed by atoms with van der Waals surface area (Å²) in [4.78, 5) is 26.3. The second-order valence-corrected chi connectivity index (χ2v) is 8.19. The van der Waals surface area contributed by atoms with Crippen LogP contribution in [0.3, 0.4) is 0 Å². The number of ether oxygens (including phenoxy) is 3. The van der Waals surface area contributed by atoms with E-state index in [0.29, 0.717) is 4.47 Å². The van der Waals surface area contributed by atoms with Crippen LogP contribution in [0.1, 0.15) is 20.8 Å². The molecule has 1 saturated heterocycles. The van der Waals surface area contributed by atoms with Gasteiger partial charge in [-0.15, -0.1) is 0 Å². The third-order valence-electron chi connectivity index (χ3n) is 4.06. The van der Waals surface area contributed by atoms with Gasteiger partial charge in [-0.1, -0.05) is 23.8 Å². The third kappa shape index (κ3) is 5.84. The monoisotopic (exact) mass is 475 g/mol. The van der Waals surface area contributed by atoms with Crippen LogP contribution < -0.4 is 0 Å². The van der Waals surface area contributed by atoms with Crippen LogP contribution >= 0.6 is 27.7 Å². The van der Waals surface area contributed by atoms with Crippen LogP contribution in [0.25, 0.3) is 10.4 Å². The van der Waals surface area contributed by atoms with Gasteiger partial charge in [-0.2, -0.15) is 0 Å². The van der Waals surface area contributed by atoms with Gasteiger partial charge in [0.25, 0.3) is 0 Å². The first-order valence-corrected chi connectivity index (χ1v) is 10.0. The van der Waals surface area contributed by atoms with E-state index in [0.717, 1.165) is 4.90 Å². The number of hydrogen-bond acceptors (Lipinski definition) is 7. The van der Waals surface area contributed by atoms with Gasteiger partial charge >= 0.3 is 11.9 Å². The predicted molar refractivity (Wildman–Crippen MR) is 103 cm³/mol. The molecule has 11 heteroatoms. The van der Waals surface area contributed by atoms with Crippen molar-refractivity contribution in [3.8, 4) is 0 Å². The molecule has 2 unspecified atom stereocenters. The van der Waals surface area contributed by atoms with E-state index in [2.05, 4.69) is 26.0 Å². The molecule has 0 saturated carbocycles. The molecule has 2 rings (SSSR count). The summed E-state index contributed by atoms with van der Waals surface area (Å²) in [7, 11) is 0. The van der Waals surface area contributed by atoms with E-state index in [1.807, 2.05) is 0 Å². The van der Waals surface area contributed by atoms with Gasteiger partial charge in [0.05, 0.1) is 10.5 Å². The largest absolute Gasteiger partial charge is 0.463 e. The zero-order valence-corrected chi connectivity index (χ0v) is 17.8. The Bertz CT molecular complexity index is 792. The molecule has 1 aromatic rings. The van der Waals surface area contributed by atoms with Crippen LogP contribution in [0.4, 0.5) is 4.39 Å². The molecule has 1 fully saturated rings. The summed E-state index contributed by atoms with van der Waals surface area (Å²) in [5, 5.41) is 3.80. The molecule has 1 aliphatic rings. The maximum absolute atomic E-state index is 13.5. The molecule has 8 nitrogen and oxygen atoms in total. The fraction of sp³-hybridized carbons (Fsp3) is 0.529. The smallest absolute Gasteiger partial charge is 0.303 e. The Morgan fingerprint density at radius 3 is 2.68 bits per heavy atom. The van der Waals surface area contributed by atoms with Gasteiger partial charge in [-0.05, 0) is 39.7 Å². The number of rotatable bonds is 6. The summed E-state index contributed by atoms with van der Waals surface area (Å²) in [5.74, 6) is -1.82. The fourth-order valence-electron chi connectivity index (χ4n) is 2.77. The molecule has 1 aliphatic heterocycles. The highest BCUT2D eigenvalue weighted by Crippen LogP contribution is 2.40. The summed E-state index contributed by atoms with van der Waals surface area (Å²) in [5.41, 5.74) is 8.46. The summed E-state index contributed by atoms with van der Waals surface area (Å²) in [6, 6.07) is 3.80. The van der Waals surface area contributed by atoms with Crippen LogP contribution in [0.15, 0.2) is 32.7 Å². The SMILES string of the molecule is CC(=O)OCC1O[C@H](Sc2ccc(F)c(Br)c2)[C@@H](C)C(N=[N+]=[N-])[C@H]1OC(C)=O. The Morgan fingerprint density at radius 2 is 2.11 bits per heavy atom. The van der Waals surface area contributed by atoms with E-state index < -0.39 is 41.4 Å². The van der Waals surface area contributed by atoms with Gasteiger partial charge < -0.3 is 14.2 Å². The minimum Gasteiger partial charge on any atom is -0.463 e. The Balaban J connectivity index is 2.30. The molecule has 0 aromatic heterocycles. The van der Waals surface area contributed by atoms with E-state index in [4.69, 9.17) is 19.7 Å². The number of hydrogen-bond donors (Lipinski definition) is 0. The topological polar surface area (TPSA) is 111 Å². The number of benzene rings is 1. The molecule has 0 amide bonds. The molecule has 1 heterocycles. The van der Waals surface area contributed by atoms with Crippen molar-refractivity contribution in [1.29, 1.82) is 0 Å². The second kappa shape index (κ2) is 10.1. The summed E-state index contributed by atoms with van der Waals surface area (Å²) < 4.78 is 30.2. The number of carbonyl (C=O) groups is 2. The lowest BCUT2D eigenvalue weighted by Gasteiger charge is -2.43. The molecule has 5 atom stereocenters. The highest BCUT2D eigenvalue weighted by molar-refractivity contribution is 9.10. The lowest BCUT2D eigenvalue weighted by molar-refractivity contribution is -0.182. The van der Waals surface area contributed by atoms with Gasteiger partial charge in [0.2, 0.25) is 0 Å². The predicted octanol–water partition coefficient (Wildman–Crippen LogP) is 4.22. The first-order valence-electron chi connectivity index (χ1n) is 8.35. The zero-order valence-electron chi connectivity index (χ0n) is 15.4. The van der Waals surface area contributed by atoms with Crippen molar-refractivity contribution in [2.45, 2.75) is 49.4 Å². The zero-order chi connectivity index (χ0) is 20.8.